The van der Waals surface area contributed by atoms with Crippen LogP contribution in [0.25, 0.3) is 0 Å². The molecule has 2 nitrogen and oxygen atoms in total. The molecule has 0 heterocycles. The fourth-order valence-corrected chi connectivity index (χ4v) is 3.01. The fourth-order valence-electron chi connectivity index (χ4n) is 2.50. The number of hydrogen-bond donors (Lipinski definition) is 1. The Bertz CT molecular complexity index is 427. The van der Waals surface area contributed by atoms with Gasteiger partial charge in [0.2, 0.25) is 0 Å². The molecule has 1 aliphatic rings. The molecule has 0 spiro atoms. The van der Waals surface area contributed by atoms with Crippen molar-refractivity contribution in [2.24, 2.45) is 5.92 Å². The van der Waals surface area contributed by atoms with Crippen LogP contribution in [0.2, 0.25) is 0 Å². The zero-order valence-electron chi connectivity index (χ0n) is 13.0. The monoisotopic (exact) mass is 338 g/mol. The summed E-state index contributed by atoms with van der Waals surface area (Å²) in [5.74, 6) is 0.697. The summed E-state index contributed by atoms with van der Waals surface area (Å²) in [7, 11) is 0. The zero-order chi connectivity index (χ0) is 14.5. The van der Waals surface area contributed by atoms with E-state index in [1.54, 1.807) is 0 Å². The molecule has 1 aromatic carbocycles. The lowest BCUT2D eigenvalue weighted by Crippen LogP contribution is -2.26. The van der Waals surface area contributed by atoms with Gasteiger partial charge in [-0.25, -0.2) is 0 Å². The van der Waals surface area contributed by atoms with Gasteiger partial charge in [0, 0.05) is 29.3 Å². The van der Waals surface area contributed by atoms with Crippen molar-refractivity contribution in [1.29, 1.82) is 0 Å². The second-order valence-corrected chi connectivity index (χ2v) is 7.08. The van der Waals surface area contributed by atoms with Crippen LogP contribution in [0.3, 0.4) is 0 Å². The molecule has 1 N–H and O–H groups in total. The van der Waals surface area contributed by atoms with Crippen LogP contribution in [0.4, 0.5) is 5.69 Å². The number of hydrogen-bond acceptors (Lipinski definition) is 2. The number of nitrogens with one attached hydrogen (secondary N) is 1. The Balaban J connectivity index is 2.00. The normalized spacial score (nSPS) is 14.8. The van der Waals surface area contributed by atoms with E-state index >= 15 is 0 Å². The van der Waals surface area contributed by atoms with E-state index in [0.717, 1.165) is 19.1 Å². The van der Waals surface area contributed by atoms with Gasteiger partial charge in [-0.2, -0.15) is 0 Å². The summed E-state index contributed by atoms with van der Waals surface area (Å²) >= 11 is 3.74. The van der Waals surface area contributed by atoms with Gasteiger partial charge in [-0.3, -0.25) is 0 Å². The fraction of sp³-hybridized carbons (Fsp3) is 0.647. The van der Waals surface area contributed by atoms with Gasteiger partial charge in [-0.15, -0.1) is 0 Å². The van der Waals surface area contributed by atoms with Crippen molar-refractivity contribution >= 4 is 21.6 Å². The Morgan fingerprint density at radius 3 is 2.65 bits per heavy atom. The summed E-state index contributed by atoms with van der Waals surface area (Å²) in [4.78, 5) is 2.57. The molecule has 1 aliphatic carbocycles. The van der Waals surface area contributed by atoms with Crippen molar-refractivity contribution in [2.75, 3.05) is 18.0 Å². The Hall–Kier alpha value is -0.540. The SMILES string of the molecule is CCCN(c1ccc(CNCC(C)C)c(Br)c1)C1CC1. The Morgan fingerprint density at radius 1 is 1.35 bits per heavy atom. The minimum atomic E-state index is 0.697. The van der Waals surface area contributed by atoms with Crippen LogP contribution in [-0.2, 0) is 6.54 Å². The van der Waals surface area contributed by atoms with Gasteiger partial charge in [0.05, 0.1) is 0 Å². The first-order chi connectivity index (χ1) is 9.61. The number of nitrogens with zero attached hydrogens (tertiary/aromatic N) is 1. The number of benzene rings is 1. The molecule has 0 aliphatic heterocycles. The molecule has 0 atom stereocenters. The van der Waals surface area contributed by atoms with Gasteiger partial charge >= 0.3 is 0 Å². The van der Waals surface area contributed by atoms with Gasteiger partial charge in [0.25, 0.3) is 0 Å². The average molecular weight is 339 g/mol. The molecule has 20 heavy (non-hydrogen) atoms. The second-order valence-electron chi connectivity index (χ2n) is 6.23. The van der Waals surface area contributed by atoms with Crippen molar-refractivity contribution in [3.63, 3.8) is 0 Å². The average Bonchev–Trinajstić information content (AvgIpc) is 3.22. The lowest BCUT2D eigenvalue weighted by Gasteiger charge is -2.25. The van der Waals surface area contributed by atoms with E-state index in [1.165, 1.54) is 41.5 Å². The van der Waals surface area contributed by atoms with E-state index < -0.39 is 0 Å². The van der Waals surface area contributed by atoms with E-state index in [1.807, 2.05) is 0 Å². The molecule has 1 aromatic rings. The highest BCUT2D eigenvalue weighted by Crippen LogP contribution is 2.33. The highest BCUT2D eigenvalue weighted by atomic mass is 79.9. The lowest BCUT2D eigenvalue weighted by atomic mass is 10.1. The Morgan fingerprint density at radius 2 is 2.10 bits per heavy atom. The van der Waals surface area contributed by atoms with Crippen LogP contribution in [-0.4, -0.2) is 19.1 Å². The van der Waals surface area contributed by atoms with Crippen molar-refractivity contribution < 1.29 is 0 Å². The number of halogens is 1. The molecule has 112 valence electrons. The summed E-state index contributed by atoms with van der Waals surface area (Å²) in [5, 5.41) is 3.51. The van der Waals surface area contributed by atoms with Crippen LogP contribution >= 0.6 is 15.9 Å². The van der Waals surface area contributed by atoms with Gasteiger partial charge in [0.15, 0.2) is 0 Å². The quantitative estimate of drug-likeness (QED) is 0.746. The number of rotatable bonds is 8. The first kappa shape index (κ1) is 15.8. The highest BCUT2D eigenvalue weighted by Gasteiger charge is 2.28. The Labute approximate surface area is 132 Å². The maximum atomic E-state index is 3.74. The van der Waals surface area contributed by atoms with E-state index in [4.69, 9.17) is 0 Å². The molecule has 0 aromatic heterocycles. The third-order valence-corrected chi connectivity index (χ3v) is 4.43. The number of anilines is 1. The topological polar surface area (TPSA) is 15.3 Å². The van der Waals surface area contributed by atoms with Crippen LogP contribution < -0.4 is 10.2 Å². The third-order valence-electron chi connectivity index (χ3n) is 3.69. The standard InChI is InChI=1S/C17H27BrN2/c1-4-9-20(15-7-8-15)16-6-5-14(17(18)10-16)12-19-11-13(2)3/h5-6,10,13,15,19H,4,7-9,11-12H2,1-3H3. The van der Waals surface area contributed by atoms with Crippen molar-refractivity contribution in [2.45, 2.75) is 52.6 Å². The van der Waals surface area contributed by atoms with E-state index in [-0.39, 0.29) is 0 Å². The van der Waals surface area contributed by atoms with Gasteiger partial charge in [-0.1, -0.05) is 42.8 Å². The first-order valence-corrected chi connectivity index (χ1v) is 8.67. The first-order valence-electron chi connectivity index (χ1n) is 7.87. The van der Waals surface area contributed by atoms with E-state index in [9.17, 15) is 0 Å². The summed E-state index contributed by atoms with van der Waals surface area (Å²) in [6.07, 6.45) is 3.93. The van der Waals surface area contributed by atoms with Crippen molar-refractivity contribution in [3.8, 4) is 0 Å². The Kier molecular flexibility index (Phi) is 5.91. The molecule has 0 unspecified atom stereocenters. The van der Waals surface area contributed by atoms with Crippen LogP contribution in [0.5, 0.6) is 0 Å². The van der Waals surface area contributed by atoms with Gasteiger partial charge in [0.1, 0.15) is 0 Å². The minimum Gasteiger partial charge on any atom is -0.369 e. The van der Waals surface area contributed by atoms with Crippen LogP contribution in [0.15, 0.2) is 22.7 Å². The molecular weight excluding hydrogens is 312 g/mol. The predicted molar refractivity (Wildman–Crippen MR) is 91.3 cm³/mol. The molecule has 2 rings (SSSR count). The minimum absolute atomic E-state index is 0.697. The molecule has 1 saturated carbocycles. The highest BCUT2D eigenvalue weighted by molar-refractivity contribution is 9.10. The third kappa shape index (κ3) is 4.49. The second kappa shape index (κ2) is 7.46. The predicted octanol–water partition coefficient (Wildman–Crippen LogP) is 4.57. The van der Waals surface area contributed by atoms with Crippen LogP contribution in [0, 0.1) is 5.92 Å². The van der Waals surface area contributed by atoms with Crippen molar-refractivity contribution in [3.05, 3.63) is 28.2 Å². The smallest absolute Gasteiger partial charge is 0.0380 e. The zero-order valence-corrected chi connectivity index (χ0v) is 14.5. The molecule has 3 heteroatoms. The summed E-state index contributed by atoms with van der Waals surface area (Å²) in [6, 6.07) is 7.62. The van der Waals surface area contributed by atoms with E-state index in [0.29, 0.717) is 5.92 Å². The van der Waals surface area contributed by atoms with Gasteiger partial charge in [-0.05, 0) is 49.4 Å². The molecule has 0 amide bonds. The lowest BCUT2D eigenvalue weighted by molar-refractivity contribution is 0.552. The van der Waals surface area contributed by atoms with Crippen molar-refractivity contribution in [1.82, 2.24) is 5.32 Å². The molecule has 0 bridgehead atoms. The van der Waals surface area contributed by atoms with Crippen LogP contribution in [0.1, 0.15) is 45.6 Å². The molecular formula is C17H27BrN2. The maximum Gasteiger partial charge on any atom is 0.0380 e. The molecule has 0 saturated heterocycles. The summed E-state index contributed by atoms with van der Waals surface area (Å²) < 4.78 is 1.23. The summed E-state index contributed by atoms with van der Waals surface area (Å²) in [6.45, 7) is 9.91. The molecule has 1 fully saturated rings. The van der Waals surface area contributed by atoms with E-state index in [2.05, 4.69) is 65.1 Å². The van der Waals surface area contributed by atoms with Gasteiger partial charge < -0.3 is 10.2 Å². The maximum absolute atomic E-state index is 3.74. The largest absolute Gasteiger partial charge is 0.369 e. The molecule has 0 radical (unpaired) electrons. The summed E-state index contributed by atoms with van der Waals surface area (Å²) in [5.41, 5.74) is 2.72.